The van der Waals surface area contributed by atoms with Crippen molar-refractivity contribution in [1.29, 1.82) is 0 Å². The Bertz CT molecular complexity index is 451. The molecule has 15 heavy (non-hydrogen) atoms. The summed E-state index contributed by atoms with van der Waals surface area (Å²) in [6, 6.07) is 4.01. The zero-order valence-electron chi connectivity index (χ0n) is 8.82. The molecule has 0 aliphatic heterocycles. The Labute approximate surface area is 93.2 Å². The van der Waals surface area contributed by atoms with Gasteiger partial charge in [0.15, 0.2) is 0 Å². The van der Waals surface area contributed by atoms with Crippen molar-refractivity contribution in [2.24, 2.45) is 0 Å². The average molecular weight is 219 g/mol. The lowest BCUT2D eigenvalue weighted by molar-refractivity contribution is 1.07. The van der Waals surface area contributed by atoms with E-state index in [1.165, 1.54) is 10.4 Å². The van der Waals surface area contributed by atoms with Crippen molar-refractivity contribution in [2.45, 2.75) is 20.4 Å². The quantitative estimate of drug-likeness (QED) is 0.862. The normalized spacial score (nSPS) is 10.3. The van der Waals surface area contributed by atoms with E-state index in [1.807, 2.05) is 24.5 Å². The molecule has 3 nitrogen and oxygen atoms in total. The second-order valence-electron chi connectivity index (χ2n) is 3.44. The lowest BCUT2D eigenvalue weighted by Crippen LogP contribution is -2.00. The van der Waals surface area contributed by atoms with Crippen LogP contribution in [-0.4, -0.2) is 9.97 Å². The maximum absolute atomic E-state index is 4.28. The minimum Gasteiger partial charge on any atom is -0.364 e. The van der Waals surface area contributed by atoms with Gasteiger partial charge in [0, 0.05) is 17.3 Å². The monoisotopic (exact) mass is 219 g/mol. The molecule has 78 valence electrons. The van der Waals surface area contributed by atoms with Crippen molar-refractivity contribution in [3.8, 4) is 0 Å². The second kappa shape index (κ2) is 4.40. The van der Waals surface area contributed by atoms with Crippen molar-refractivity contribution in [2.75, 3.05) is 5.32 Å². The summed E-state index contributed by atoms with van der Waals surface area (Å²) in [5.74, 6) is 0.905. The fourth-order valence-electron chi connectivity index (χ4n) is 1.28. The molecule has 0 bridgehead atoms. The van der Waals surface area contributed by atoms with Gasteiger partial charge < -0.3 is 5.32 Å². The first-order valence-corrected chi connectivity index (χ1v) is 5.63. The van der Waals surface area contributed by atoms with Crippen LogP contribution in [0.2, 0.25) is 0 Å². The van der Waals surface area contributed by atoms with Crippen molar-refractivity contribution in [3.63, 3.8) is 0 Å². The first-order valence-electron chi connectivity index (χ1n) is 4.82. The number of nitrogens with one attached hydrogen (secondary N) is 1. The van der Waals surface area contributed by atoms with Gasteiger partial charge in [-0.25, -0.2) is 9.97 Å². The molecule has 0 saturated carbocycles. The smallest absolute Gasteiger partial charge is 0.126 e. The van der Waals surface area contributed by atoms with E-state index >= 15 is 0 Å². The summed E-state index contributed by atoms with van der Waals surface area (Å²) in [5.41, 5.74) is 1.21. The number of anilines is 1. The Hall–Kier alpha value is -1.42. The Morgan fingerprint density at radius 2 is 2.20 bits per heavy atom. The van der Waals surface area contributed by atoms with Crippen LogP contribution in [0.3, 0.4) is 0 Å². The van der Waals surface area contributed by atoms with Crippen LogP contribution in [0.5, 0.6) is 0 Å². The van der Waals surface area contributed by atoms with Crippen LogP contribution in [0.1, 0.15) is 15.4 Å². The summed E-state index contributed by atoms with van der Waals surface area (Å²) in [5, 5.41) is 4.35. The molecule has 0 aromatic carbocycles. The molecule has 1 N–H and O–H groups in total. The van der Waals surface area contributed by atoms with E-state index in [9.17, 15) is 0 Å². The highest BCUT2D eigenvalue weighted by Gasteiger charge is 1.99. The standard InChI is InChI=1S/C11H13N3S/c1-8-3-4-12-10(5-8)13-7-11-14-6-9(2)15-11/h3-6H,7H2,1-2H3,(H,12,13). The van der Waals surface area contributed by atoms with Crippen LogP contribution in [-0.2, 0) is 6.54 Å². The Balaban J connectivity index is 1.99. The van der Waals surface area contributed by atoms with E-state index in [1.54, 1.807) is 11.3 Å². The van der Waals surface area contributed by atoms with Gasteiger partial charge in [0.05, 0.1) is 6.54 Å². The molecule has 0 fully saturated rings. The van der Waals surface area contributed by atoms with Crippen molar-refractivity contribution >= 4 is 17.2 Å². The molecule has 2 aromatic rings. The fourth-order valence-corrected chi connectivity index (χ4v) is 2.01. The first-order chi connectivity index (χ1) is 7.24. The minimum atomic E-state index is 0.745. The molecule has 4 heteroatoms. The van der Waals surface area contributed by atoms with Gasteiger partial charge in [0.25, 0.3) is 0 Å². The molecule has 0 saturated heterocycles. The van der Waals surface area contributed by atoms with Crippen molar-refractivity contribution in [3.05, 3.63) is 40.0 Å². The highest BCUT2D eigenvalue weighted by molar-refractivity contribution is 7.11. The number of hydrogen-bond acceptors (Lipinski definition) is 4. The molecule has 0 radical (unpaired) electrons. The Morgan fingerprint density at radius 3 is 2.87 bits per heavy atom. The summed E-state index contributed by atoms with van der Waals surface area (Å²) < 4.78 is 0. The van der Waals surface area contributed by atoms with Gasteiger partial charge in [-0.05, 0) is 31.5 Å². The lowest BCUT2D eigenvalue weighted by Gasteiger charge is -2.03. The van der Waals surface area contributed by atoms with Gasteiger partial charge in [-0.15, -0.1) is 11.3 Å². The van der Waals surface area contributed by atoms with E-state index < -0.39 is 0 Å². The minimum absolute atomic E-state index is 0.745. The number of aromatic nitrogens is 2. The van der Waals surface area contributed by atoms with E-state index in [2.05, 4.69) is 29.1 Å². The maximum Gasteiger partial charge on any atom is 0.126 e. The molecular weight excluding hydrogens is 206 g/mol. The van der Waals surface area contributed by atoms with E-state index in [0.717, 1.165) is 17.4 Å². The molecular formula is C11H13N3S. The van der Waals surface area contributed by atoms with Gasteiger partial charge in [0.2, 0.25) is 0 Å². The number of aryl methyl sites for hydroxylation is 2. The fraction of sp³-hybridized carbons (Fsp3) is 0.273. The number of nitrogens with zero attached hydrogens (tertiary/aromatic N) is 2. The van der Waals surface area contributed by atoms with Gasteiger partial charge in [0.1, 0.15) is 10.8 Å². The molecule has 2 rings (SSSR count). The SMILES string of the molecule is Cc1ccnc(NCc2ncc(C)s2)c1. The Morgan fingerprint density at radius 1 is 1.33 bits per heavy atom. The highest BCUT2D eigenvalue weighted by atomic mass is 32.1. The van der Waals surface area contributed by atoms with E-state index in [4.69, 9.17) is 0 Å². The summed E-state index contributed by atoms with van der Waals surface area (Å²) >= 11 is 1.71. The van der Waals surface area contributed by atoms with Gasteiger partial charge in [-0.1, -0.05) is 0 Å². The predicted octanol–water partition coefficient (Wildman–Crippen LogP) is 2.77. The Kier molecular flexibility index (Phi) is 2.97. The molecule has 0 aliphatic rings. The number of pyridine rings is 1. The third kappa shape index (κ3) is 2.76. The molecule has 0 spiro atoms. The van der Waals surface area contributed by atoms with Crippen LogP contribution in [0.15, 0.2) is 24.5 Å². The largest absolute Gasteiger partial charge is 0.364 e. The maximum atomic E-state index is 4.28. The topological polar surface area (TPSA) is 37.8 Å². The van der Waals surface area contributed by atoms with Crippen molar-refractivity contribution < 1.29 is 0 Å². The first kappa shape index (κ1) is 10.1. The van der Waals surface area contributed by atoms with Crippen LogP contribution < -0.4 is 5.32 Å². The third-order valence-electron chi connectivity index (χ3n) is 2.01. The third-order valence-corrected chi connectivity index (χ3v) is 2.92. The average Bonchev–Trinajstić information content (AvgIpc) is 2.62. The van der Waals surface area contributed by atoms with Crippen LogP contribution in [0.25, 0.3) is 0 Å². The highest BCUT2D eigenvalue weighted by Crippen LogP contribution is 2.13. The van der Waals surface area contributed by atoms with E-state index in [-0.39, 0.29) is 0 Å². The molecule has 0 aliphatic carbocycles. The van der Waals surface area contributed by atoms with Crippen molar-refractivity contribution in [1.82, 2.24) is 9.97 Å². The molecule has 2 aromatic heterocycles. The summed E-state index contributed by atoms with van der Waals surface area (Å²) in [6.45, 7) is 4.86. The number of rotatable bonds is 3. The molecule has 0 amide bonds. The van der Waals surface area contributed by atoms with Gasteiger partial charge in [-0.3, -0.25) is 0 Å². The zero-order chi connectivity index (χ0) is 10.7. The van der Waals surface area contributed by atoms with Crippen LogP contribution in [0.4, 0.5) is 5.82 Å². The predicted molar refractivity (Wildman–Crippen MR) is 63.2 cm³/mol. The van der Waals surface area contributed by atoms with Gasteiger partial charge >= 0.3 is 0 Å². The zero-order valence-corrected chi connectivity index (χ0v) is 9.64. The summed E-state index contributed by atoms with van der Waals surface area (Å²) in [4.78, 5) is 9.75. The summed E-state index contributed by atoms with van der Waals surface area (Å²) in [7, 11) is 0. The van der Waals surface area contributed by atoms with Crippen LogP contribution >= 0.6 is 11.3 Å². The van der Waals surface area contributed by atoms with Gasteiger partial charge in [-0.2, -0.15) is 0 Å². The molecule has 0 atom stereocenters. The lowest BCUT2D eigenvalue weighted by atomic mass is 10.3. The molecule has 0 unspecified atom stereocenters. The second-order valence-corrected chi connectivity index (χ2v) is 4.76. The number of hydrogen-bond donors (Lipinski definition) is 1. The van der Waals surface area contributed by atoms with Crippen LogP contribution in [0, 0.1) is 13.8 Å². The van der Waals surface area contributed by atoms with E-state index in [0.29, 0.717) is 0 Å². The molecule has 2 heterocycles. The summed E-state index contributed by atoms with van der Waals surface area (Å²) in [6.07, 6.45) is 3.70. The number of thiazole rings is 1.